The number of benzene rings is 2. The fourth-order valence-electron chi connectivity index (χ4n) is 2.92. The molecule has 0 spiro atoms. The maximum atomic E-state index is 5.93. The molecule has 2 N–H and O–H groups in total. The van der Waals surface area contributed by atoms with Crippen molar-refractivity contribution in [2.75, 3.05) is 11.4 Å². The van der Waals surface area contributed by atoms with Crippen LogP contribution in [0.1, 0.15) is 36.9 Å². The highest BCUT2D eigenvalue weighted by atomic mass is 15.1. The zero-order chi connectivity index (χ0) is 13.9. The Kier molecular flexibility index (Phi) is 3.75. The van der Waals surface area contributed by atoms with Crippen LogP contribution in [0.5, 0.6) is 0 Å². The van der Waals surface area contributed by atoms with E-state index in [1.807, 2.05) is 6.92 Å². The number of hydrogen-bond acceptors (Lipinski definition) is 2. The maximum absolute atomic E-state index is 5.93. The Hall–Kier alpha value is -1.80. The lowest BCUT2D eigenvalue weighted by atomic mass is 10.1. The van der Waals surface area contributed by atoms with Crippen molar-refractivity contribution in [2.24, 2.45) is 5.73 Å². The Labute approximate surface area is 121 Å². The minimum absolute atomic E-state index is 0.0977. The van der Waals surface area contributed by atoms with Crippen molar-refractivity contribution < 1.29 is 0 Å². The van der Waals surface area contributed by atoms with Crippen LogP contribution in [0.25, 0.3) is 0 Å². The number of nitrogens with zero attached hydrogens (tertiary/aromatic N) is 1. The molecule has 2 nitrogen and oxygen atoms in total. The zero-order valence-electron chi connectivity index (χ0n) is 12.0. The molecule has 2 aromatic carbocycles. The second kappa shape index (κ2) is 5.68. The summed E-state index contributed by atoms with van der Waals surface area (Å²) in [5.74, 6) is 0. The third-order valence-electron chi connectivity index (χ3n) is 4.09. The molecule has 1 aliphatic heterocycles. The second-order valence-electron chi connectivity index (χ2n) is 5.62. The SMILES string of the molecule is CC(N)c1ccc(N2CCCCc3ccccc32)cc1. The van der Waals surface area contributed by atoms with Crippen molar-refractivity contribution in [3.05, 3.63) is 59.7 Å². The van der Waals surface area contributed by atoms with E-state index in [4.69, 9.17) is 5.73 Å². The third kappa shape index (κ3) is 2.56. The average molecular weight is 266 g/mol. The normalized spacial score (nSPS) is 16.4. The van der Waals surface area contributed by atoms with Gasteiger partial charge in [0.05, 0.1) is 0 Å². The minimum atomic E-state index is 0.0977. The van der Waals surface area contributed by atoms with E-state index in [1.165, 1.54) is 41.8 Å². The van der Waals surface area contributed by atoms with Gasteiger partial charge in [-0.05, 0) is 55.5 Å². The first kappa shape index (κ1) is 13.2. The Morgan fingerprint density at radius 2 is 1.75 bits per heavy atom. The molecule has 0 radical (unpaired) electrons. The Balaban J connectivity index is 1.97. The van der Waals surface area contributed by atoms with Crippen molar-refractivity contribution in [3.8, 4) is 0 Å². The summed E-state index contributed by atoms with van der Waals surface area (Å²) in [6, 6.07) is 17.5. The Bertz CT molecular complexity index is 572. The summed E-state index contributed by atoms with van der Waals surface area (Å²) in [7, 11) is 0. The summed E-state index contributed by atoms with van der Waals surface area (Å²) >= 11 is 0. The molecule has 1 unspecified atom stereocenters. The van der Waals surface area contributed by atoms with Crippen LogP contribution in [0.15, 0.2) is 48.5 Å². The fourth-order valence-corrected chi connectivity index (χ4v) is 2.92. The van der Waals surface area contributed by atoms with Crippen LogP contribution in [0.2, 0.25) is 0 Å². The molecule has 104 valence electrons. The van der Waals surface area contributed by atoms with Crippen molar-refractivity contribution in [1.29, 1.82) is 0 Å². The number of anilines is 2. The van der Waals surface area contributed by atoms with Crippen LogP contribution >= 0.6 is 0 Å². The minimum Gasteiger partial charge on any atom is -0.341 e. The number of rotatable bonds is 2. The van der Waals surface area contributed by atoms with E-state index >= 15 is 0 Å². The molecule has 3 rings (SSSR count). The summed E-state index contributed by atoms with van der Waals surface area (Å²) in [5, 5.41) is 0. The zero-order valence-corrected chi connectivity index (χ0v) is 12.0. The van der Waals surface area contributed by atoms with Gasteiger partial charge < -0.3 is 10.6 Å². The lowest BCUT2D eigenvalue weighted by Gasteiger charge is -2.25. The predicted molar refractivity (Wildman–Crippen MR) is 85.4 cm³/mol. The molecule has 1 aliphatic rings. The largest absolute Gasteiger partial charge is 0.341 e. The Morgan fingerprint density at radius 3 is 2.50 bits per heavy atom. The number of nitrogens with two attached hydrogens (primary N) is 1. The van der Waals surface area contributed by atoms with Crippen LogP contribution in [0.3, 0.4) is 0 Å². The van der Waals surface area contributed by atoms with Gasteiger partial charge in [0.25, 0.3) is 0 Å². The molecular formula is C18H22N2. The van der Waals surface area contributed by atoms with E-state index in [-0.39, 0.29) is 6.04 Å². The van der Waals surface area contributed by atoms with Crippen molar-refractivity contribution in [1.82, 2.24) is 0 Å². The highest BCUT2D eigenvalue weighted by molar-refractivity contribution is 5.67. The molecule has 0 aromatic heterocycles. The number of para-hydroxylation sites is 1. The third-order valence-corrected chi connectivity index (χ3v) is 4.09. The van der Waals surface area contributed by atoms with Crippen LogP contribution in [-0.2, 0) is 6.42 Å². The molecule has 0 saturated heterocycles. The highest BCUT2D eigenvalue weighted by Gasteiger charge is 2.16. The van der Waals surface area contributed by atoms with Gasteiger partial charge >= 0.3 is 0 Å². The van der Waals surface area contributed by atoms with Crippen molar-refractivity contribution in [2.45, 2.75) is 32.2 Å². The van der Waals surface area contributed by atoms with E-state index in [9.17, 15) is 0 Å². The molecule has 1 heterocycles. The molecule has 0 saturated carbocycles. The molecular weight excluding hydrogens is 244 g/mol. The number of aryl methyl sites for hydroxylation is 1. The Morgan fingerprint density at radius 1 is 1.00 bits per heavy atom. The average Bonchev–Trinajstić information content (AvgIpc) is 2.69. The number of fused-ring (bicyclic) bond motifs is 1. The fraction of sp³-hybridized carbons (Fsp3) is 0.333. The van der Waals surface area contributed by atoms with Gasteiger partial charge in [0, 0.05) is 24.0 Å². The van der Waals surface area contributed by atoms with E-state index in [2.05, 4.69) is 53.4 Å². The van der Waals surface area contributed by atoms with Crippen molar-refractivity contribution >= 4 is 11.4 Å². The van der Waals surface area contributed by atoms with Gasteiger partial charge in [-0.1, -0.05) is 30.3 Å². The molecule has 2 aromatic rings. The molecule has 0 aliphatic carbocycles. The second-order valence-corrected chi connectivity index (χ2v) is 5.62. The summed E-state index contributed by atoms with van der Waals surface area (Å²) in [4.78, 5) is 2.44. The van der Waals surface area contributed by atoms with Crippen LogP contribution in [-0.4, -0.2) is 6.54 Å². The summed E-state index contributed by atoms with van der Waals surface area (Å²) in [5.41, 5.74) is 11.2. The first-order valence-electron chi connectivity index (χ1n) is 7.47. The van der Waals surface area contributed by atoms with Gasteiger partial charge in [-0.15, -0.1) is 0 Å². The lowest BCUT2D eigenvalue weighted by Crippen LogP contribution is -2.18. The first-order valence-corrected chi connectivity index (χ1v) is 7.47. The first-order chi connectivity index (χ1) is 9.75. The lowest BCUT2D eigenvalue weighted by molar-refractivity contribution is 0.760. The van der Waals surface area contributed by atoms with Crippen molar-refractivity contribution in [3.63, 3.8) is 0 Å². The molecule has 2 heteroatoms. The van der Waals surface area contributed by atoms with Crippen LogP contribution in [0.4, 0.5) is 11.4 Å². The maximum Gasteiger partial charge on any atom is 0.0443 e. The van der Waals surface area contributed by atoms with Gasteiger partial charge in [-0.2, -0.15) is 0 Å². The van der Waals surface area contributed by atoms with Gasteiger partial charge in [-0.25, -0.2) is 0 Å². The van der Waals surface area contributed by atoms with E-state index in [0.717, 1.165) is 6.54 Å². The summed E-state index contributed by atoms with van der Waals surface area (Å²) in [6.07, 6.45) is 3.69. The van der Waals surface area contributed by atoms with Gasteiger partial charge in [-0.3, -0.25) is 0 Å². The molecule has 0 fully saturated rings. The predicted octanol–water partition coefficient (Wildman–Crippen LogP) is 4.18. The molecule has 1 atom stereocenters. The molecule has 0 bridgehead atoms. The number of hydrogen-bond donors (Lipinski definition) is 1. The highest BCUT2D eigenvalue weighted by Crippen LogP contribution is 2.32. The van der Waals surface area contributed by atoms with E-state index in [0.29, 0.717) is 0 Å². The van der Waals surface area contributed by atoms with Crippen LogP contribution < -0.4 is 10.6 Å². The smallest absolute Gasteiger partial charge is 0.0443 e. The van der Waals surface area contributed by atoms with E-state index in [1.54, 1.807) is 0 Å². The van der Waals surface area contributed by atoms with Gasteiger partial charge in [0.2, 0.25) is 0 Å². The van der Waals surface area contributed by atoms with E-state index < -0.39 is 0 Å². The van der Waals surface area contributed by atoms with Gasteiger partial charge in [0.15, 0.2) is 0 Å². The standard InChI is InChI=1S/C18H22N2/c1-14(19)15-9-11-17(12-10-15)20-13-5-4-7-16-6-2-3-8-18(16)20/h2-3,6,8-12,14H,4-5,7,13,19H2,1H3. The summed E-state index contributed by atoms with van der Waals surface area (Å²) in [6.45, 7) is 3.12. The summed E-state index contributed by atoms with van der Waals surface area (Å²) < 4.78 is 0. The quantitative estimate of drug-likeness (QED) is 0.883. The van der Waals surface area contributed by atoms with Crippen LogP contribution in [0, 0.1) is 0 Å². The topological polar surface area (TPSA) is 29.3 Å². The molecule has 0 amide bonds. The van der Waals surface area contributed by atoms with Gasteiger partial charge in [0.1, 0.15) is 0 Å². The molecule has 20 heavy (non-hydrogen) atoms. The monoisotopic (exact) mass is 266 g/mol.